The Morgan fingerprint density at radius 1 is 1.39 bits per heavy atom. The normalized spacial score (nSPS) is 16.5. The van der Waals surface area contributed by atoms with Crippen LogP contribution in [0.3, 0.4) is 0 Å². The average molecular weight is 333 g/mol. The summed E-state index contributed by atoms with van der Waals surface area (Å²) in [5, 5.41) is 0. The first-order valence-corrected chi connectivity index (χ1v) is 8.31. The molecule has 0 spiro atoms. The molecule has 6 heteroatoms. The van der Waals surface area contributed by atoms with E-state index < -0.39 is 10.0 Å². The smallest absolute Gasteiger partial charge is 0.241 e. The van der Waals surface area contributed by atoms with Crippen LogP contribution in [0.25, 0.3) is 0 Å². The fourth-order valence-electron chi connectivity index (χ4n) is 1.98. The molecule has 3 N–H and O–H groups in total. The second-order valence-corrected chi connectivity index (χ2v) is 7.26. The molecule has 4 nitrogen and oxygen atoms in total. The second-order valence-electron chi connectivity index (χ2n) is 4.67. The number of hydrogen-bond acceptors (Lipinski definition) is 3. The molecule has 100 valence electrons. The van der Waals surface area contributed by atoms with Crippen molar-refractivity contribution in [2.24, 2.45) is 5.92 Å². The number of hydrogen-bond donors (Lipinski definition) is 2. The van der Waals surface area contributed by atoms with Gasteiger partial charge < -0.3 is 5.73 Å². The highest BCUT2D eigenvalue weighted by molar-refractivity contribution is 9.10. The van der Waals surface area contributed by atoms with Crippen molar-refractivity contribution in [3.63, 3.8) is 0 Å². The van der Waals surface area contributed by atoms with Crippen LogP contribution in [0.4, 0.5) is 5.69 Å². The van der Waals surface area contributed by atoms with Gasteiger partial charge in [0, 0.05) is 16.7 Å². The molecule has 0 unspecified atom stereocenters. The maximum absolute atomic E-state index is 12.1. The molecule has 18 heavy (non-hydrogen) atoms. The largest absolute Gasteiger partial charge is 0.399 e. The molecule has 0 aliphatic heterocycles. The van der Waals surface area contributed by atoms with Crippen LogP contribution in [-0.4, -0.2) is 15.0 Å². The Morgan fingerprint density at radius 3 is 2.72 bits per heavy atom. The first kappa shape index (κ1) is 13.8. The van der Waals surface area contributed by atoms with E-state index in [1.165, 1.54) is 25.3 Å². The number of benzene rings is 1. The first-order valence-electron chi connectivity index (χ1n) is 6.04. The summed E-state index contributed by atoms with van der Waals surface area (Å²) >= 11 is 3.24. The Hall–Kier alpha value is -0.590. The Balaban J connectivity index is 2.02. The Bertz CT molecular complexity index is 527. The average Bonchev–Trinajstić information content (AvgIpc) is 2.25. The zero-order valence-electron chi connectivity index (χ0n) is 10.0. The van der Waals surface area contributed by atoms with E-state index in [0.717, 1.165) is 6.42 Å². The molecule has 1 aliphatic rings. The van der Waals surface area contributed by atoms with Crippen molar-refractivity contribution in [3.8, 4) is 0 Å². The number of nitrogens with one attached hydrogen (secondary N) is 1. The zero-order valence-corrected chi connectivity index (χ0v) is 12.4. The molecule has 1 saturated carbocycles. The van der Waals surface area contributed by atoms with Gasteiger partial charge >= 0.3 is 0 Å². The van der Waals surface area contributed by atoms with Crippen molar-refractivity contribution >= 4 is 31.6 Å². The van der Waals surface area contributed by atoms with Crippen molar-refractivity contribution in [2.75, 3.05) is 12.3 Å². The second kappa shape index (κ2) is 5.59. The van der Waals surface area contributed by atoms with Gasteiger partial charge in [0.05, 0.1) is 4.90 Å². The van der Waals surface area contributed by atoms with Crippen LogP contribution < -0.4 is 10.5 Å². The minimum atomic E-state index is -3.47. The van der Waals surface area contributed by atoms with E-state index in [1.807, 2.05) is 0 Å². The Kier molecular flexibility index (Phi) is 4.29. The summed E-state index contributed by atoms with van der Waals surface area (Å²) in [5.74, 6) is 0.692. The van der Waals surface area contributed by atoms with Gasteiger partial charge in [-0.2, -0.15) is 0 Å². The van der Waals surface area contributed by atoms with Gasteiger partial charge in [-0.1, -0.05) is 19.3 Å². The number of anilines is 1. The lowest BCUT2D eigenvalue weighted by Gasteiger charge is -2.25. The van der Waals surface area contributed by atoms with Crippen LogP contribution in [0, 0.1) is 5.92 Å². The van der Waals surface area contributed by atoms with Gasteiger partial charge in [0.15, 0.2) is 0 Å². The lowest BCUT2D eigenvalue weighted by atomic mass is 9.83. The minimum Gasteiger partial charge on any atom is -0.399 e. The highest BCUT2D eigenvalue weighted by Gasteiger charge is 2.20. The van der Waals surface area contributed by atoms with Crippen molar-refractivity contribution in [1.29, 1.82) is 0 Å². The molecule has 0 bridgehead atoms. The molecule has 1 aromatic carbocycles. The lowest BCUT2D eigenvalue weighted by molar-refractivity contribution is 0.297. The van der Waals surface area contributed by atoms with E-state index in [0.29, 0.717) is 22.6 Å². The zero-order chi connectivity index (χ0) is 13.2. The highest BCUT2D eigenvalue weighted by atomic mass is 79.9. The molecule has 1 fully saturated rings. The summed E-state index contributed by atoms with van der Waals surface area (Å²) < 4.78 is 27.4. The van der Waals surface area contributed by atoms with Crippen molar-refractivity contribution < 1.29 is 8.42 Å². The minimum absolute atomic E-state index is 0.205. The Morgan fingerprint density at radius 2 is 2.11 bits per heavy atom. The molecule has 0 saturated heterocycles. The van der Waals surface area contributed by atoms with Crippen LogP contribution in [0.2, 0.25) is 0 Å². The third kappa shape index (κ3) is 3.24. The van der Waals surface area contributed by atoms with E-state index in [4.69, 9.17) is 5.73 Å². The molecule has 1 aliphatic carbocycles. The molecule has 0 heterocycles. The molecular weight excluding hydrogens is 316 g/mol. The van der Waals surface area contributed by atoms with Gasteiger partial charge in [0.25, 0.3) is 0 Å². The van der Waals surface area contributed by atoms with Crippen LogP contribution in [-0.2, 0) is 10.0 Å². The SMILES string of the molecule is Nc1ccc(Br)c(S(=O)(=O)NCCC2CCC2)c1. The molecular formula is C12H17BrN2O2S. The van der Waals surface area contributed by atoms with Crippen LogP contribution in [0.5, 0.6) is 0 Å². The van der Waals surface area contributed by atoms with E-state index in [1.54, 1.807) is 12.1 Å². The van der Waals surface area contributed by atoms with Crippen LogP contribution in [0.1, 0.15) is 25.7 Å². The molecule has 1 aromatic rings. The van der Waals surface area contributed by atoms with Gasteiger partial charge in [-0.15, -0.1) is 0 Å². The number of sulfonamides is 1. The molecule has 2 rings (SSSR count). The quantitative estimate of drug-likeness (QED) is 0.813. The van der Waals surface area contributed by atoms with Crippen molar-refractivity contribution in [2.45, 2.75) is 30.6 Å². The highest BCUT2D eigenvalue weighted by Crippen LogP contribution is 2.29. The Labute approximate surface area is 116 Å². The summed E-state index contributed by atoms with van der Waals surface area (Å²) in [6, 6.07) is 4.78. The number of nitrogen functional groups attached to an aromatic ring is 1. The van der Waals surface area contributed by atoms with Gasteiger partial charge in [-0.25, -0.2) is 13.1 Å². The molecule has 0 aromatic heterocycles. The summed E-state index contributed by atoms with van der Waals surface area (Å²) in [5.41, 5.74) is 6.06. The number of halogens is 1. The van der Waals surface area contributed by atoms with Crippen LogP contribution in [0.15, 0.2) is 27.6 Å². The van der Waals surface area contributed by atoms with E-state index in [-0.39, 0.29) is 4.90 Å². The molecule has 0 atom stereocenters. The van der Waals surface area contributed by atoms with E-state index in [2.05, 4.69) is 20.7 Å². The predicted octanol–water partition coefficient (Wildman–Crippen LogP) is 2.50. The fourth-order valence-corrected chi connectivity index (χ4v) is 4.03. The monoisotopic (exact) mass is 332 g/mol. The third-order valence-corrected chi connectivity index (χ3v) is 5.77. The van der Waals surface area contributed by atoms with Crippen LogP contribution >= 0.6 is 15.9 Å². The summed E-state index contributed by atoms with van der Waals surface area (Å²) in [6.07, 6.45) is 4.64. The van der Waals surface area contributed by atoms with Crippen molar-refractivity contribution in [3.05, 3.63) is 22.7 Å². The first-order chi connectivity index (χ1) is 8.49. The lowest BCUT2D eigenvalue weighted by Crippen LogP contribution is -2.27. The standard InChI is InChI=1S/C12H17BrN2O2S/c13-11-5-4-10(14)8-12(11)18(16,17)15-7-6-9-2-1-3-9/h4-5,8-9,15H,1-3,6-7,14H2. The van der Waals surface area contributed by atoms with Gasteiger partial charge in [0.2, 0.25) is 10.0 Å². The summed E-state index contributed by atoms with van der Waals surface area (Å²) in [4.78, 5) is 0.205. The topological polar surface area (TPSA) is 72.2 Å². The maximum Gasteiger partial charge on any atom is 0.241 e. The number of nitrogens with two attached hydrogens (primary N) is 1. The van der Waals surface area contributed by atoms with Gasteiger partial charge in [-0.3, -0.25) is 0 Å². The van der Waals surface area contributed by atoms with Crippen molar-refractivity contribution in [1.82, 2.24) is 4.72 Å². The third-order valence-electron chi connectivity index (χ3n) is 3.31. The maximum atomic E-state index is 12.1. The van der Waals surface area contributed by atoms with Gasteiger partial charge in [0.1, 0.15) is 0 Å². The van der Waals surface area contributed by atoms with Gasteiger partial charge in [-0.05, 0) is 46.5 Å². The fraction of sp³-hybridized carbons (Fsp3) is 0.500. The molecule has 0 amide bonds. The summed E-state index contributed by atoms with van der Waals surface area (Å²) in [6.45, 7) is 0.494. The van der Waals surface area contributed by atoms with E-state index >= 15 is 0 Å². The number of rotatable bonds is 5. The molecule has 0 radical (unpaired) electrons. The van der Waals surface area contributed by atoms with E-state index in [9.17, 15) is 8.42 Å². The summed E-state index contributed by atoms with van der Waals surface area (Å²) in [7, 11) is -3.47. The predicted molar refractivity (Wildman–Crippen MR) is 75.7 cm³/mol.